The number of hydrogen-bond donors (Lipinski definition) is 1. The molecule has 1 heterocycles. The lowest BCUT2D eigenvalue weighted by Gasteiger charge is -2.19. The molecule has 0 fully saturated rings. The molecule has 1 aromatic heterocycles. The van der Waals surface area contributed by atoms with Crippen LogP contribution < -0.4 is 0 Å². The summed E-state index contributed by atoms with van der Waals surface area (Å²) in [6.45, 7) is 4.17. The Labute approximate surface area is 101 Å². The van der Waals surface area contributed by atoms with Gasteiger partial charge in [-0.05, 0) is 32.6 Å². The van der Waals surface area contributed by atoms with Crippen LogP contribution in [0.2, 0.25) is 0 Å². The summed E-state index contributed by atoms with van der Waals surface area (Å²) in [4.78, 5) is 9.04. The minimum Gasteiger partial charge on any atom is -0.395 e. The number of aromatic nitrogens is 2. The fraction of sp³-hybridized carbons (Fsp3) is 0.667. The zero-order valence-corrected chi connectivity index (χ0v) is 10.7. The van der Waals surface area contributed by atoms with Gasteiger partial charge in [0.1, 0.15) is 10.9 Å². The van der Waals surface area contributed by atoms with E-state index in [0.717, 1.165) is 23.7 Å². The Balaban J connectivity index is 2.31. The monoisotopic (exact) mass is 238 g/mol. The van der Waals surface area contributed by atoms with E-state index in [-0.39, 0.29) is 11.9 Å². The lowest BCUT2D eigenvalue weighted by molar-refractivity contribution is 0.300. The molecule has 4 heteroatoms. The predicted molar refractivity (Wildman–Crippen MR) is 65.8 cm³/mol. The molecule has 0 amide bonds. The third-order valence-electron chi connectivity index (χ3n) is 2.83. The largest absolute Gasteiger partial charge is 0.395 e. The molecule has 1 atom stereocenters. The van der Waals surface area contributed by atoms with Gasteiger partial charge in [0.2, 0.25) is 0 Å². The number of nitrogens with zero attached hydrogens (tertiary/aromatic N) is 2. The smallest absolute Gasteiger partial charge is 0.126 e. The highest BCUT2D eigenvalue weighted by Crippen LogP contribution is 2.30. The summed E-state index contributed by atoms with van der Waals surface area (Å²) in [5.41, 5.74) is 2.55. The Bertz CT molecular complexity index is 382. The average molecular weight is 238 g/mol. The summed E-state index contributed by atoms with van der Waals surface area (Å²) in [7, 11) is 0. The van der Waals surface area contributed by atoms with Gasteiger partial charge in [-0.3, -0.25) is 0 Å². The molecule has 0 bridgehead atoms. The normalized spacial score (nSPS) is 16.9. The van der Waals surface area contributed by atoms with Crippen LogP contribution in [-0.2, 0) is 12.8 Å². The van der Waals surface area contributed by atoms with Crippen LogP contribution >= 0.6 is 11.8 Å². The molecule has 2 rings (SSSR count). The average Bonchev–Trinajstić information content (AvgIpc) is 2.28. The molecule has 1 unspecified atom stereocenters. The zero-order chi connectivity index (χ0) is 11.5. The summed E-state index contributed by atoms with van der Waals surface area (Å²) in [6.07, 6.45) is 4.65. The first-order chi connectivity index (χ1) is 7.70. The van der Waals surface area contributed by atoms with Crippen LogP contribution in [-0.4, -0.2) is 26.9 Å². The van der Waals surface area contributed by atoms with Gasteiger partial charge in [0.15, 0.2) is 0 Å². The van der Waals surface area contributed by atoms with E-state index in [1.807, 2.05) is 13.8 Å². The Hall–Kier alpha value is -0.610. The molecule has 0 saturated heterocycles. The number of hydrogen-bond acceptors (Lipinski definition) is 4. The van der Waals surface area contributed by atoms with Gasteiger partial charge < -0.3 is 5.11 Å². The maximum Gasteiger partial charge on any atom is 0.126 e. The highest BCUT2D eigenvalue weighted by Gasteiger charge is 2.18. The molecule has 16 heavy (non-hydrogen) atoms. The molecular weight excluding hydrogens is 220 g/mol. The van der Waals surface area contributed by atoms with Crippen molar-refractivity contribution < 1.29 is 5.11 Å². The standard InChI is InChI=1S/C12H18N2OS/c1-8(7-15)16-12-10-5-3-4-6-11(10)13-9(2)14-12/h8,15H,3-7H2,1-2H3. The van der Waals surface area contributed by atoms with Gasteiger partial charge in [-0.25, -0.2) is 9.97 Å². The Kier molecular flexibility index (Phi) is 3.82. The van der Waals surface area contributed by atoms with Crippen molar-refractivity contribution in [3.05, 3.63) is 17.1 Å². The topological polar surface area (TPSA) is 46.0 Å². The van der Waals surface area contributed by atoms with Crippen LogP contribution in [0.4, 0.5) is 0 Å². The quantitative estimate of drug-likeness (QED) is 0.647. The molecule has 0 aliphatic heterocycles. The first-order valence-electron chi connectivity index (χ1n) is 5.84. The summed E-state index contributed by atoms with van der Waals surface area (Å²) >= 11 is 1.67. The first-order valence-corrected chi connectivity index (χ1v) is 6.72. The van der Waals surface area contributed by atoms with Gasteiger partial charge in [0.25, 0.3) is 0 Å². The third-order valence-corrected chi connectivity index (χ3v) is 3.94. The van der Waals surface area contributed by atoms with E-state index < -0.39 is 0 Å². The molecule has 0 spiro atoms. The van der Waals surface area contributed by atoms with E-state index in [0.29, 0.717) is 0 Å². The van der Waals surface area contributed by atoms with Crippen LogP contribution in [0.15, 0.2) is 5.03 Å². The Morgan fingerprint density at radius 2 is 2.06 bits per heavy atom. The molecule has 1 N–H and O–H groups in total. The van der Waals surface area contributed by atoms with Crippen LogP contribution in [0, 0.1) is 6.92 Å². The van der Waals surface area contributed by atoms with Gasteiger partial charge >= 0.3 is 0 Å². The van der Waals surface area contributed by atoms with Gasteiger partial charge in [-0.2, -0.15) is 0 Å². The predicted octanol–water partition coefficient (Wildman–Crippen LogP) is 2.14. The number of rotatable bonds is 3. The molecule has 1 aliphatic carbocycles. The van der Waals surface area contributed by atoms with Crippen molar-refractivity contribution in [1.29, 1.82) is 0 Å². The summed E-state index contributed by atoms with van der Waals surface area (Å²) in [6, 6.07) is 0. The maximum absolute atomic E-state index is 9.11. The highest BCUT2D eigenvalue weighted by atomic mass is 32.2. The zero-order valence-electron chi connectivity index (χ0n) is 9.86. The molecule has 1 aromatic rings. The van der Waals surface area contributed by atoms with E-state index >= 15 is 0 Å². The van der Waals surface area contributed by atoms with Crippen LogP contribution in [0.3, 0.4) is 0 Å². The second kappa shape index (κ2) is 5.15. The minimum atomic E-state index is 0.197. The number of aliphatic hydroxyl groups excluding tert-OH is 1. The lowest BCUT2D eigenvalue weighted by atomic mass is 9.97. The highest BCUT2D eigenvalue weighted by molar-refractivity contribution is 7.99. The van der Waals surface area contributed by atoms with Gasteiger partial charge in [0.05, 0.1) is 6.61 Å². The molecule has 88 valence electrons. The Morgan fingerprint density at radius 3 is 2.81 bits per heavy atom. The second-order valence-electron chi connectivity index (χ2n) is 4.32. The van der Waals surface area contributed by atoms with E-state index in [1.54, 1.807) is 11.8 Å². The molecule has 0 aromatic carbocycles. The third kappa shape index (κ3) is 2.55. The fourth-order valence-corrected chi connectivity index (χ4v) is 3.01. The molecule has 1 aliphatic rings. The van der Waals surface area contributed by atoms with Crippen LogP contribution in [0.5, 0.6) is 0 Å². The second-order valence-corrected chi connectivity index (χ2v) is 5.75. The van der Waals surface area contributed by atoms with Gasteiger partial charge in [-0.15, -0.1) is 11.8 Å². The molecule has 0 saturated carbocycles. The van der Waals surface area contributed by atoms with Crippen molar-refractivity contribution in [2.24, 2.45) is 0 Å². The van der Waals surface area contributed by atoms with Crippen molar-refractivity contribution in [3.63, 3.8) is 0 Å². The van der Waals surface area contributed by atoms with E-state index in [9.17, 15) is 0 Å². The maximum atomic E-state index is 9.11. The minimum absolute atomic E-state index is 0.197. The molecule has 0 radical (unpaired) electrons. The van der Waals surface area contributed by atoms with Crippen LogP contribution in [0.25, 0.3) is 0 Å². The van der Waals surface area contributed by atoms with E-state index in [4.69, 9.17) is 5.11 Å². The number of thioether (sulfide) groups is 1. The van der Waals surface area contributed by atoms with Crippen molar-refractivity contribution in [3.8, 4) is 0 Å². The number of aryl methyl sites for hydroxylation is 2. The number of aliphatic hydroxyl groups is 1. The van der Waals surface area contributed by atoms with Gasteiger partial charge in [0, 0.05) is 16.5 Å². The van der Waals surface area contributed by atoms with E-state index in [2.05, 4.69) is 9.97 Å². The SMILES string of the molecule is Cc1nc2c(c(SC(C)CO)n1)CCCC2. The summed E-state index contributed by atoms with van der Waals surface area (Å²) in [5.74, 6) is 0.855. The molecule has 3 nitrogen and oxygen atoms in total. The molecular formula is C12H18N2OS. The summed E-state index contributed by atoms with van der Waals surface area (Å²) in [5, 5.41) is 10.4. The van der Waals surface area contributed by atoms with Crippen LogP contribution in [0.1, 0.15) is 36.8 Å². The van der Waals surface area contributed by atoms with Crippen molar-refractivity contribution in [2.45, 2.75) is 49.8 Å². The van der Waals surface area contributed by atoms with Crippen molar-refractivity contribution in [2.75, 3.05) is 6.61 Å². The van der Waals surface area contributed by atoms with Crippen molar-refractivity contribution in [1.82, 2.24) is 9.97 Å². The number of fused-ring (bicyclic) bond motifs is 1. The Morgan fingerprint density at radius 1 is 1.31 bits per heavy atom. The fourth-order valence-electron chi connectivity index (χ4n) is 2.00. The van der Waals surface area contributed by atoms with Gasteiger partial charge in [-0.1, -0.05) is 6.92 Å². The lowest BCUT2D eigenvalue weighted by Crippen LogP contribution is -2.12. The van der Waals surface area contributed by atoms with Crippen molar-refractivity contribution >= 4 is 11.8 Å². The van der Waals surface area contributed by atoms with E-state index in [1.165, 1.54) is 24.1 Å². The first kappa shape index (κ1) is 11.9. The summed E-state index contributed by atoms with van der Waals surface area (Å²) < 4.78 is 0.